The summed E-state index contributed by atoms with van der Waals surface area (Å²) in [5.41, 5.74) is 4.45. The Morgan fingerprint density at radius 3 is 2.67 bits per heavy atom. The van der Waals surface area contributed by atoms with Crippen molar-refractivity contribution >= 4 is 28.9 Å². The first-order valence-corrected chi connectivity index (χ1v) is 12.0. The molecule has 3 aromatic heterocycles. The predicted octanol–water partition coefficient (Wildman–Crippen LogP) is 1.92. The summed E-state index contributed by atoms with van der Waals surface area (Å²) in [5.74, 6) is 1.48. The number of nitrogens with zero attached hydrogens (tertiary/aromatic N) is 7. The number of hydrogen-bond donors (Lipinski definition) is 2. The molecule has 1 atom stereocenters. The van der Waals surface area contributed by atoms with Crippen LogP contribution in [0.5, 0.6) is 5.88 Å². The maximum atomic E-state index is 13.0. The van der Waals surface area contributed by atoms with Crippen LogP contribution in [0, 0.1) is 0 Å². The van der Waals surface area contributed by atoms with E-state index in [1.165, 1.54) is 0 Å². The van der Waals surface area contributed by atoms with Crippen LogP contribution in [0.15, 0.2) is 36.8 Å². The number of anilines is 3. The Bertz CT molecular complexity index is 1290. The maximum absolute atomic E-state index is 13.0. The third kappa shape index (κ3) is 4.79. The van der Waals surface area contributed by atoms with Gasteiger partial charge in [0.1, 0.15) is 11.5 Å². The summed E-state index contributed by atoms with van der Waals surface area (Å²) in [6.45, 7) is 5.65. The van der Waals surface area contributed by atoms with Gasteiger partial charge < -0.3 is 20.3 Å². The van der Waals surface area contributed by atoms with Crippen molar-refractivity contribution < 1.29 is 9.53 Å². The van der Waals surface area contributed by atoms with E-state index in [-0.39, 0.29) is 11.9 Å². The zero-order chi connectivity index (χ0) is 25.2. The van der Waals surface area contributed by atoms with Crippen LogP contribution in [0.1, 0.15) is 23.7 Å². The fraction of sp³-hybridized carbons (Fsp3) is 0.400. The minimum atomic E-state index is -0.217. The van der Waals surface area contributed by atoms with Gasteiger partial charge in [-0.05, 0) is 38.1 Å². The lowest BCUT2D eigenvalue weighted by Gasteiger charge is -2.35. The molecule has 36 heavy (non-hydrogen) atoms. The van der Waals surface area contributed by atoms with Crippen molar-refractivity contribution in [1.29, 1.82) is 0 Å². The fourth-order valence-electron chi connectivity index (χ4n) is 4.61. The monoisotopic (exact) mass is 489 g/mol. The minimum Gasteiger partial charge on any atom is -0.478 e. The first kappa shape index (κ1) is 23.9. The summed E-state index contributed by atoms with van der Waals surface area (Å²) >= 11 is 0. The number of carbonyl (C=O) groups is 1. The molecule has 11 nitrogen and oxygen atoms in total. The molecule has 1 aliphatic heterocycles. The number of nitrogens with one attached hydrogen (secondary N) is 2. The summed E-state index contributed by atoms with van der Waals surface area (Å²) < 4.78 is 6.97. The van der Waals surface area contributed by atoms with Crippen molar-refractivity contribution in [3.63, 3.8) is 0 Å². The molecule has 3 aromatic rings. The second-order valence-corrected chi connectivity index (χ2v) is 9.13. The molecule has 2 aliphatic rings. The Morgan fingerprint density at radius 2 is 1.89 bits per heavy atom. The number of rotatable bonds is 7. The first-order valence-electron chi connectivity index (χ1n) is 12.0. The second-order valence-electron chi connectivity index (χ2n) is 9.13. The molecular formula is C25H31N9O2. The molecule has 1 aliphatic carbocycles. The maximum Gasteiger partial charge on any atom is 0.256 e. The molecule has 0 aromatic carbocycles. The van der Waals surface area contributed by atoms with Crippen LogP contribution < -0.4 is 15.4 Å². The highest BCUT2D eigenvalue weighted by Gasteiger charge is 2.27. The molecule has 0 bridgehead atoms. The van der Waals surface area contributed by atoms with Gasteiger partial charge in [-0.3, -0.25) is 14.4 Å². The van der Waals surface area contributed by atoms with Crippen molar-refractivity contribution in [2.75, 3.05) is 51.0 Å². The van der Waals surface area contributed by atoms with Gasteiger partial charge in [-0.1, -0.05) is 6.08 Å². The summed E-state index contributed by atoms with van der Waals surface area (Å²) in [5, 5.41) is 10.5. The topological polar surface area (TPSA) is 113 Å². The number of piperazine rings is 1. The SMILES string of the molecule is COc1nn(C)cc1Nc1nccc(C2=CCc3c2ccnc3NC(=O)[C@@H](C)N2CCN(C)CC2)n1. The summed E-state index contributed by atoms with van der Waals surface area (Å²) in [6.07, 6.45) is 8.04. The van der Waals surface area contributed by atoms with E-state index < -0.39 is 0 Å². The molecule has 1 saturated heterocycles. The van der Waals surface area contributed by atoms with Crippen LogP contribution in [0.25, 0.3) is 5.57 Å². The van der Waals surface area contributed by atoms with E-state index in [2.05, 4.69) is 48.6 Å². The largest absolute Gasteiger partial charge is 0.478 e. The standard InChI is InChI=1S/C25H31N9O2/c1-16(34-13-11-32(2)12-14-34)23(35)30-22-19-6-5-18(17(19)7-9-26-22)20-8-10-27-25(28-20)29-21-15-33(3)31-24(21)36-4/h5,7-10,15-16H,6,11-14H2,1-4H3,(H,26,30,35)(H,27,28,29)/t16-/m1/s1. The number of aryl methyl sites for hydroxylation is 1. The molecule has 0 saturated carbocycles. The zero-order valence-corrected chi connectivity index (χ0v) is 21.0. The normalized spacial score (nSPS) is 16.8. The van der Waals surface area contributed by atoms with Gasteiger partial charge in [0.15, 0.2) is 0 Å². The van der Waals surface area contributed by atoms with Crippen LogP contribution >= 0.6 is 0 Å². The number of allylic oxidation sites excluding steroid dienone is 1. The number of aromatic nitrogens is 5. The number of methoxy groups -OCH3 is 1. The number of fused-ring (bicyclic) bond motifs is 1. The van der Waals surface area contributed by atoms with Crippen LogP contribution in [-0.2, 0) is 18.3 Å². The van der Waals surface area contributed by atoms with E-state index in [9.17, 15) is 4.79 Å². The van der Waals surface area contributed by atoms with Gasteiger partial charge in [0.2, 0.25) is 11.9 Å². The smallest absolute Gasteiger partial charge is 0.256 e. The van der Waals surface area contributed by atoms with Gasteiger partial charge in [-0.25, -0.2) is 15.0 Å². The molecule has 5 rings (SSSR count). The lowest BCUT2D eigenvalue weighted by molar-refractivity contribution is -0.121. The Labute approximate surface area is 210 Å². The number of hydrogen-bond acceptors (Lipinski definition) is 9. The van der Waals surface area contributed by atoms with Gasteiger partial charge >= 0.3 is 0 Å². The molecule has 1 fully saturated rings. The average Bonchev–Trinajstić information content (AvgIpc) is 3.47. The number of likely N-dealkylation sites (N-methyl/N-ethyl adjacent to an activating group) is 1. The Balaban J connectivity index is 1.32. The highest BCUT2D eigenvalue weighted by atomic mass is 16.5. The van der Waals surface area contributed by atoms with Crippen molar-refractivity contribution in [2.45, 2.75) is 19.4 Å². The molecule has 2 N–H and O–H groups in total. The number of pyridine rings is 1. The quantitative estimate of drug-likeness (QED) is 0.514. The molecule has 188 valence electrons. The molecule has 4 heterocycles. The van der Waals surface area contributed by atoms with E-state index in [4.69, 9.17) is 9.72 Å². The van der Waals surface area contributed by atoms with Gasteiger partial charge in [-0.15, -0.1) is 5.10 Å². The lowest BCUT2D eigenvalue weighted by atomic mass is 10.0. The van der Waals surface area contributed by atoms with Gasteiger partial charge in [-0.2, -0.15) is 0 Å². The minimum absolute atomic E-state index is 0.0344. The second kappa shape index (κ2) is 10.0. The van der Waals surface area contributed by atoms with Gasteiger partial charge in [0.25, 0.3) is 5.88 Å². The van der Waals surface area contributed by atoms with Gasteiger partial charge in [0.05, 0.1) is 25.0 Å². The predicted molar refractivity (Wildman–Crippen MR) is 137 cm³/mol. The number of carbonyl (C=O) groups excluding carboxylic acids is 1. The zero-order valence-electron chi connectivity index (χ0n) is 21.0. The summed E-state index contributed by atoms with van der Waals surface area (Å²) in [6, 6.07) is 3.62. The molecule has 1 amide bonds. The highest BCUT2D eigenvalue weighted by molar-refractivity contribution is 5.96. The van der Waals surface area contributed by atoms with Crippen molar-refractivity contribution in [3.05, 3.63) is 53.6 Å². The summed E-state index contributed by atoms with van der Waals surface area (Å²) in [4.78, 5) is 31.1. The molecule has 11 heteroatoms. The van der Waals surface area contributed by atoms with Crippen LogP contribution in [-0.4, -0.2) is 86.8 Å². The molecule has 0 unspecified atom stereocenters. The van der Waals surface area contributed by atoms with E-state index in [0.717, 1.165) is 48.6 Å². The molecule has 0 spiro atoms. The van der Waals surface area contributed by atoms with Gasteiger partial charge in [0, 0.05) is 56.8 Å². The van der Waals surface area contributed by atoms with Crippen LogP contribution in [0.3, 0.4) is 0 Å². The lowest BCUT2D eigenvalue weighted by Crippen LogP contribution is -2.51. The van der Waals surface area contributed by atoms with E-state index in [0.29, 0.717) is 29.8 Å². The van der Waals surface area contributed by atoms with Crippen LogP contribution in [0.2, 0.25) is 0 Å². The molecular weight excluding hydrogens is 458 g/mol. The summed E-state index contributed by atoms with van der Waals surface area (Å²) in [7, 11) is 5.50. The Morgan fingerprint density at radius 1 is 1.11 bits per heavy atom. The first-order chi connectivity index (χ1) is 17.4. The van der Waals surface area contributed by atoms with E-state index >= 15 is 0 Å². The van der Waals surface area contributed by atoms with E-state index in [1.807, 2.05) is 32.3 Å². The number of amides is 1. The Kier molecular flexibility index (Phi) is 6.66. The average molecular weight is 490 g/mol. The van der Waals surface area contributed by atoms with E-state index in [1.54, 1.807) is 24.2 Å². The third-order valence-corrected chi connectivity index (χ3v) is 6.73. The Hall–Kier alpha value is -3.83. The van der Waals surface area contributed by atoms with Crippen molar-refractivity contribution in [1.82, 2.24) is 34.5 Å². The van der Waals surface area contributed by atoms with Crippen LogP contribution in [0.4, 0.5) is 17.5 Å². The van der Waals surface area contributed by atoms with Crippen molar-refractivity contribution in [3.8, 4) is 5.88 Å². The molecule has 0 radical (unpaired) electrons. The number of ether oxygens (including phenoxy) is 1. The fourth-order valence-corrected chi connectivity index (χ4v) is 4.61. The third-order valence-electron chi connectivity index (χ3n) is 6.73. The van der Waals surface area contributed by atoms with Crippen molar-refractivity contribution in [2.24, 2.45) is 7.05 Å². The highest BCUT2D eigenvalue weighted by Crippen LogP contribution is 2.35.